The van der Waals surface area contributed by atoms with Crippen molar-refractivity contribution in [2.45, 2.75) is 30.7 Å². The Morgan fingerprint density at radius 1 is 1.17 bits per heavy atom. The molecule has 1 heterocycles. The van der Waals surface area contributed by atoms with E-state index in [9.17, 15) is 10.2 Å². The van der Waals surface area contributed by atoms with Gasteiger partial charge in [-0.15, -0.1) is 0 Å². The van der Waals surface area contributed by atoms with E-state index in [4.69, 9.17) is 16.4 Å². The van der Waals surface area contributed by atoms with Gasteiger partial charge in [-0.05, 0) is 0 Å². The summed E-state index contributed by atoms with van der Waals surface area (Å²) in [5, 5.41) is 40.2. The van der Waals surface area contributed by atoms with Crippen LogP contribution in [0.5, 0.6) is 0 Å². The van der Waals surface area contributed by atoms with Crippen molar-refractivity contribution in [3.63, 3.8) is 0 Å². The first-order valence-electron chi connectivity index (χ1n) is 3.95. The first kappa shape index (κ1) is 8.36. The van der Waals surface area contributed by atoms with Gasteiger partial charge >= 0.3 is 0 Å². The lowest BCUT2D eigenvalue weighted by atomic mass is 10.00. The number of hydrogen-bond donors (Lipinski definition) is 5. The van der Waals surface area contributed by atoms with E-state index >= 15 is 0 Å². The van der Waals surface area contributed by atoms with Crippen LogP contribution in [0.4, 0.5) is 0 Å². The van der Waals surface area contributed by atoms with Crippen molar-refractivity contribution < 1.29 is 30.3 Å². The predicted molar refractivity (Wildman–Crippen MR) is 36.0 cm³/mol. The van der Waals surface area contributed by atoms with Crippen molar-refractivity contribution in [1.29, 1.82) is 1.43 Å². The molecule has 0 saturated carbocycles. The minimum atomic E-state index is -1.49. The summed E-state index contributed by atoms with van der Waals surface area (Å²) in [6, 6.07) is 0. The fraction of sp³-hybridized carbons (Fsp3) is 1.00. The molecular formula is C6H12O6. The number of rotatable bonds is 2. The summed E-state index contributed by atoms with van der Waals surface area (Å²) in [4.78, 5) is 0. The summed E-state index contributed by atoms with van der Waals surface area (Å²) < 4.78 is 11.2. The number of hydrogen-bond acceptors (Lipinski definition) is 6. The highest BCUT2D eigenvalue weighted by atomic mass is 16.6. The van der Waals surface area contributed by atoms with E-state index in [1.54, 1.807) is 0 Å². The highest BCUT2D eigenvalue weighted by Gasteiger charge is 2.42. The minimum Gasteiger partial charge on any atom is -0.394 e. The van der Waals surface area contributed by atoms with Gasteiger partial charge in [-0.1, -0.05) is 0 Å². The summed E-state index contributed by atoms with van der Waals surface area (Å²) in [5.41, 5.74) is 0. The van der Waals surface area contributed by atoms with E-state index in [2.05, 4.69) is 5.11 Å². The Morgan fingerprint density at radius 3 is 2.33 bits per heavy atom. The molecule has 5 atom stereocenters. The summed E-state index contributed by atoms with van der Waals surface area (Å²) in [7, 11) is 0. The molecule has 1 saturated heterocycles. The zero-order chi connectivity index (χ0) is 10.0. The zero-order valence-corrected chi connectivity index (χ0v) is 6.20. The minimum absolute atomic E-state index is 0.523. The second-order valence-corrected chi connectivity index (χ2v) is 2.70. The fourth-order valence-corrected chi connectivity index (χ4v) is 1.07. The van der Waals surface area contributed by atoms with Gasteiger partial charge < -0.3 is 30.3 Å². The molecule has 1 rings (SSSR count). The van der Waals surface area contributed by atoms with Crippen molar-refractivity contribution in [2.75, 3.05) is 6.61 Å². The van der Waals surface area contributed by atoms with Crippen LogP contribution in [0.3, 0.4) is 0 Å². The van der Waals surface area contributed by atoms with Gasteiger partial charge in [-0.2, -0.15) is 0 Å². The second kappa shape index (κ2) is 3.65. The number of aliphatic hydroxyl groups excluding tert-OH is 5. The van der Waals surface area contributed by atoms with Gasteiger partial charge in [0.05, 0.1) is 6.61 Å². The number of ether oxygens (including phenoxy) is 1. The molecular weight excluding hydrogens is 168 g/mol. The average Bonchev–Trinajstić information content (AvgIpc) is 2.15. The third kappa shape index (κ3) is 1.58. The van der Waals surface area contributed by atoms with Gasteiger partial charge in [0.2, 0.25) is 1.43 Å². The Hall–Kier alpha value is -0.240. The molecule has 0 aromatic carbocycles. The molecule has 1 fully saturated rings. The topological polar surface area (TPSA) is 110 Å². The highest BCUT2D eigenvalue weighted by molar-refractivity contribution is 4.87. The van der Waals surface area contributed by atoms with Crippen LogP contribution in [0.2, 0.25) is 0 Å². The molecule has 6 heteroatoms. The summed E-state index contributed by atoms with van der Waals surface area (Å²) in [6.07, 6.45) is -6.76. The lowest BCUT2D eigenvalue weighted by Gasteiger charge is -2.37. The third-order valence-electron chi connectivity index (χ3n) is 1.85. The Balaban J connectivity index is 2.66. The van der Waals surface area contributed by atoms with E-state index in [0.29, 0.717) is 0 Å². The first-order chi connectivity index (χ1) is 6.11. The van der Waals surface area contributed by atoms with E-state index in [1.807, 2.05) is 0 Å². The first-order valence-corrected chi connectivity index (χ1v) is 3.54. The maximum atomic E-state index is 9.21. The molecule has 5 N–H and O–H groups in total. The maximum absolute atomic E-state index is 9.21. The van der Waals surface area contributed by atoms with Crippen molar-refractivity contribution >= 4 is 0 Å². The van der Waals surface area contributed by atoms with Crippen molar-refractivity contribution in [2.24, 2.45) is 0 Å². The molecule has 1 aliphatic rings. The van der Waals surface area contributed by atoms with Gasteiger partial charge in [0, 0.05) is 0 Å². The van der Waals surface area contributed by atoms with Crippen LogP contribution < -0.4 is 0 Å². The molecule has 0 amide bonds. The quantitative estimate of drug-likeness (QED) is 0.307. The van der Waals surface area contributed by atoms with E-state index in [0.717, 1.165) is 0 Å². The predicted octanol–water partition coefficient (Wildman–Crippen LogP) is -3.22. The van der Waals surface area contributed by atoms with Crippen LogP contribution >= 0.6 is 0 Å². The fourth-order valence-electron chi connectivity index (χ4n) is 1.07. The Morgan fingerprint density at radius 2 is 1.83 bits per heavy atom. The van der Waals surface area contributed by atoms with Crippen molar-refractivity contribution in [3.8, 4) is 0 Å². The van der Waals surface area contributed by atoms with Crippen LogP contribution in [0.25, 0.3) is 0 Å². The van der Waals surface area contributed by atoms with Gasteiger partial charge in [-0.25, -0.2) is 0 Å². The van der Waals surface area contributed by atoms with E-state index in [1.165, 1.54) is 0 Å². The SMILES string of the molecule is [3H]O[C@H]1OC(CO)[C@@H](O)[C@H](O)C1O. The maximum Gasteiger partial charge on any atom is 0.213 e. The third-order valence-corrected chi connectivity index (χ3v) is 1.85. The molecule has 0 radical (unpaired) electrons. The Kier molecular flexibility index (Phi) is 2.54. The van der Waals surface area contributed by atoms with Crippen LogP contribution in [-0.2, 0) is 4.74 Å². The van der Waals surface area contributed by atoms with Crippen molar-refractivity contribution in [1.82, 2.24) is 0 Å². The second-order valence-electron chi connectivity index (χ2n) is 2.70. The van der Waals surface area contributed by atoms with E-state index < -0.39 is 37.3 Å². The molecule has 6 nitrogen and oxygen atoms in total. The summed E-state index contributed by atoms with van der Waals surface area (Å²) in [6.45, 7) is -0.523. The molecule has 0 aliphatic carbocycles. The largest absolute Gasteiger partial charge is 0.394 e. The van der Waals surface area contributed by atoms with Crippen LogP contribution in [0.15, 0.2) is 0 Å². The Labute approximate surface area is 70.1 Å². The van der Waals surface area contributed by atoms with Crippen LogP contribution in [0.1, 0.15) is 0 Å². The van der Waals surface area contributed by atoms with Gasteiger partial charge in [-0.3, -0.25) is 0 Å². The molecule has 0 bridgehead atoms. The normalized spacial score (nSPS) is 50.3. The average molecular weight is 182 g/mol. The van der Waals surface area contributed by atoms with E-state index in [-0.39, 0.29) is 0 Å². The monoisotopic (exact) mass is 182 g/mol. The molecule has 0 aromatic rings. The summed E-state index contributed by atoms with van der Waals surface area (Å²) in [5.74, 6) is 0. The zero-order valence-electron chi connectivity index (χ0n) is 7.20. The molecule has 2 unspecified atom stereocenters. The van der Waals surface area contributed by atoms with Crippen molar-refractivity contribution in [3.05, 3.63) is 0 Å². The van der Waals surface area contributed by atoms with Crippen LogP contribution in [-0.4, -0.2) is 64.3 Å². The number of aliphatic hydroxyl groups is 5. The van der Waals surface area contributed by atoms with Gasteiger partial charge in [0.15, 0.2) is 6.29 Å². The molecule has 0 aromatic heterocycles. The van der Waals surface area contributed by atoms with Crippen LogP contribution in [0, 0.1) is 0 Å². The smallest absolute Gasteiger partial charge is 0.213 e. The Bertz CT molecular complexity index is 147. The summed E-state index contributed by atoms with van der Waals surface area (Å²) >= 11 is 0. The lowest BCUT2D eigenvalue weighted by molar-refractivity contribution is -0.286. The standard InChI is InChI=1S/C6H12O6/c7-1-2-3(8)4(9)5(10)6(11)12-2/h2-11H,1H2/t2?,3-,4+,5?,6+/m1/s1/i11T. The highest BCUT2D eigenvalue weighted by Crippen LogP contribution is 2.18. The lowest BCUT2D eigenvalue weighted by Crippen LogP contribution is -2.58. The van der Waals surface area contributed by atoms with Gasteiger partial charge in [0.25, 0.3) is 0 Å². The molecule has 0 spiro atoms. The molecule has 12 heavy (non-hydrogen) atoms. The molecule has 1 aliphatic heterocycles. The molecule has 72 valence electrons. The van der Waals surface area contributed by atoms with Gasteiger partial charge in [0.1, 0.15) is 24.4 Å².